The molecule has 0 aliphatic carbocycles. The SMILES string of the molecule is O=C(Cc1c(Cl)cccc1Cl)N(C(=O)[C@@H]1C[C@@H](Cc2ccccc2)CN1)c1ccc(Oc2ccc(F)cc2)cc1. The van der Waals surface area contributed by atoms with E-state index in [-0.39, 0.29) is 24.1 Å². The predicted molar refractivity (Wildman–Crippen MR) is 156 cm³/mol. The van der Waals surface area contributed by atoms with Crippen molar-refractivity contribution in [3.05, 3.63) is 124 Å². The van der Waals surface area contributed by atoms with Gasteiger partial charge in [-0.1, -0.05) is 59.6 Å². The van der Waals surface area contributed by atoms with Crippen molar-refractivity contribution in [3.63, 3.8) is 0 Å². The van der Waals surface area contributed by atoms with E-state index in [1.54, 1.807) is 42.5 Å². The fraction of sp³-hybridized carbons (Fsp3) is 0.188. The zero-order valence-electron chi connectivity index (χ0n) is 21.5. The molecule has 4 aromatic rings. The van der Waals surface area contributed by atoms with E-state index in [1.807, 2.05) is 18.2 Å². The van der Waals surface area contributed by atoms with Gasteiger partial charge in [0.1, 0.15) is 17.3 Å². The van der Waals surface area contributed by atoms with Gasteiger partial charge in [0.15, 0.2) is 0 Å². The van der Waals surface area contributed by atoms with Crippen LogP contribution in [0.3, 0.4) is 0 Å². The molecule has 0 bridgehead atoms. The summed E-state index contributed by atoms with van der Waals surface area (Å²) in [5.41, 5.74) is 2.07. The van der Waals surface area contributed by atoms with Gasteiger partial charge in [-0.2, -0.15) is 0 Å². The van der Waals surface area contributed by atoms with E-state index in [2.05, 4.69) is 17.4 Å². The second kappa shape index (κ2) is 12.6. The highest BCUT2D eigenvalue weighted by Crippen LogP contribution is 2.30. The monoisotopic (exact) mass is 576 g/mol. The van der Waals surface area contributed by atoms with Crippen molar-refractivity contribution in [3.8, 4) is 11.5 Å². The Morgan fingerprint density at radius 2 is 1.48 bits per heavy atom. The van der Waals surface area contributed by atoms with Crippen molar-refractivity contribution < 1.29 is 18.7 Å². The Labute approximate surface area is 242 Å². The Morgan fingerprint density at radius 3 is 2.12 bits per heavy atom. The van der Waals surface area contributed by atoms with Crippen LogP contribution in [0.4, 0.5) is 10.1 Å². The molecule has 40 heavy (non-hydrogen) atoms. The molecular weight excluding hydrogens is 550 g/mol. The van der Waals surface area contributed by atoms with E-state index < -0.39 is 11.9 Å². The first-order chi connectivity index (χ1) is 19.4. The smallest absolute Gasteiger partial charge is 0.250 e. The zero-order chi connectivity index (χ0) is 28.1. The standard InChI is InChI=1S/C32H27Cl2FN2O3/c33-28-7-4-8-29(34)27(28)19-31(38)37(24-11-15-26(16-12-24)40-25-13-9-23(35)10-14-25)32(39)30-18-22(20-36-30)17-21-5-2-1-3-6-21/h1-16,22,30,36H,17-20H2/t22-,30+/m1/s1. The largest absolute Gasteiger partial charge is 0.457 e. The Bertz CT molecular complexity index is 1460. The number of carbonyl (C=O) groups excluding carboxylic acids is 2. The Balaban J connectivity index is 1.37. The highest BCUT2D eigenvalue weighted by Gasteiger charge is 2.36. The first-order valence-electron chi connectivity index (χ1n) is 13.0. The fourth-order valence-corrected chi connectivity index (χ4v) is 5.41. The van der Waals surface area contributed by atoms with Crippen LogP contribution in [0.2, 0.25) is 10.0 Å². The Kier molecular flexibility index (Phi) is 8.80. The van der Waals surface area contributed by atoms with Gasteiger partial charge in [0.05, 0.1) is 18.2 Å². The maximum Gasteiger partial charge on any atom is 0.250 e. The van der Waals surface area contributed by atoms with Crippen LogP contribution in [-0.2, 0) is 22.4 Å². The quantitative estimate of drug-likeness (QED) is 0.240. The topological polar surface area (TPSA) is 58.6 Å². The van der Waals surface area contributed by atoms with E-state index in [9.17, 15) is 14.0 Å². The summed E-state index contributed by atoms with van der Waals surface area (Å²) in [6.45, 7) is 0.675. The van der Waals surface area contributed by atoms with Crippen molar-refractivity contribution >= 4 is 40.7 Å². The number of hydrogen-bond acceptors (Lipinski definition) is 4. The van der Waals surface area contributed by atoms with Crippen LogP contribution in [0, 0.1) is 11.7 Å². The summed E-state index contributed by atoms with van der Waals surface area (Å²) in [7, 11) is 0. The zero-order valence-corrected chi connectivity index (χ0v) is 23.0. The van der Waals surface area contributed by atoms with Gasteiger partial charge in [0, 0.05) is 10.0 Å². The summed E-state index contributed by atoms with van der Waals surface area (Å²) in [6.07, 6.45) is 1.31. The molecule has 2 atom stereocenters. The molecule has 1 N–H and O–H groups in total. The average molecular weight is 577 g/mol. The van der Waals surface area contributed by atoms with Crippen LogP contribution in [0.5, 0.6) is 11.5 Å². The lowest BCUT2D eigenvalue weighted by Gasteiger charge is -2.25. The summed E-state index contributed by atoms with van der Waals surface area (Å²) in [6, 6.07) is 26.9. The Hall–Kier alpha value is -3.71. The molecule has 5 rings (SSSR count). The van der Waals surface area contributed by atoms with Crippen LogP contribution in [0.1, 0.15) is 17.5 Å². The molecule has 1 aliphatic heterocycles. The van der Waals surface area contributed by atoms with E-state index in [4.69, 9.17) is 27.9 Å². The van der Waals surface area contributed by atoms with Gasteiger partial charge in [-0.3, -0.25) is 9.59 Å². The first kappa shape index (κ1) is 27.8. The minimum absolute atomic E-state index is 0.141. The number of carbonyl (C=O) groups is 2. The summed E-state index contributed by atoms with van der Waals surface area (Å²) in [5, 5.41) is 4.04. The molecule has 8 heteroatoms. The number of imide groups is 1. The molecule has 0 unspecified atom stereocenters. The molecule has 1 heterocycles. The van der Waals surface area contributed by atoms with Crippen molar-refractivity contribution in [2.45, 2.75) is 25.3 Å². The summed E-state index contributed by atoms with van der Waals surface area (Å²) in [4.78, 5) is 28.8. The third kappa shape index (κ3) is 6.70. The lowest BCUT2D eigenvalue weighted by Crippen LogP contribution is -2.47. The molecule has 0 aromatic heterocycles. The van der Waals surface area contributed by atoms with Crippen LogP contribution in [-0.4, -0.2) is 24.4 Å². The minimum atomic E-state index is -0.519. The van der Waals surface area contributed by atoms with Gasteiger partial charge in [0.2, 0.25) is 5.91 Å². The second-order valence-corrected chi connectivity index (χ2v) is 10.6. The molecular formula is C32H27Cl2FN2O3. The minimum Gasteiger partial charge on any atom is -0.457 e. The normalized spacial score (nSPS) is 16.5. The molecule has 1 aliphatic rings. The summed E-state index contributed by atoms with van der Waals surface area (Å²) < 4.78 is 19.0. The van der Waals surface area contributed by atoms with Crippen molar-refractivity contribution in [1.82, 2.24) is 5.32 Å². The van der Waals surface area contributed by atoms with Gasteiger partial charge in [0.25, 0.3) is 5.91 Å². The summed E-state index contributed by atoms with van der Waals surface area (Å²) >= 11 is 12.7. The fourth-order valence-electron chi connectivity index (χ4n) is 4.88. The number of amides is 2. The van der Waals surface area contributed by atoms with Crippen molar-refractivity contribution in [2.24, 2.45) is 5.92 Å². The predicted octanol–water partition coefficient (Wildman–Crippen LogP) is 7.25. The van der Waals surface area contributed by atoms with Gasteiger partial charge in [-0.25, -0.2) is 9.29 Å². The third-order valence-electron chi connectivity index (χ3n) is 6.89. The van der Waals surface area contributed by atoms with Gasteiger partial charge in [-0.15, -0.1) is 0 Å². The van der Waals surface area contributed by atoms with Crippen LogP contribution < -0.4 is 15.0 Å². The van der Waals surface area contributed by atoms with Gasteiger partial charge < -0.3 is 10.1 Å². The highest BCUT2D eigenvalue weighted by atomic mass is 35.5. The number of nitrogens with zero attached hydrogens (tertiary/aromatic N) is 1. The average Bonchev–Trinajstić information content (AvgIpc) is 3.42. The van der Waals surface area contributed by atoms with E-state index in [0.717, 1.165) is 6.42 Å². The molecule has 204 valence electrons. The number of ether oxygens (including phenoxy) is 1. The van der Waals surface area contributed by atoms with Gasteiger partial charge in [-0.05, 0) is 97.1 Å². The number of nitrogens with one attached hydrogen (secondary N) is 1. The lowest BCUT2D eigenvalue weighted by molar-refractivity contribution is -0.127. The molecule has 5 nitrogen and oxygen atoms in total. The van der Waals surface area contributed by atoms with E-state index in [1.165, 1.54) is 34.7 Å². The van der Waals surface area contributed by atoms with E-state index >= 15 is 0 Å². The molecule has 1 fully saturated rings. The Morgan fingerprint density at radius 1 is 0.850 bits per heavy atom. The van der Waals surface area contributed by atoms with Gasteiger partial charge >= 0.3 is 0 Å². The molecule has 0 saturated carbocycles. The number of halogens is 3. The molecule has 1 saturated heterocycles. The molecule has 2 amide bonds. The number of benzene rings is 4. The summed E-state index contributed by atoms with van der Waals surface area (Å²) in [5.74, 6) is 0.0622. The van der Waals surface area contributed by atoms with Crippen molar-refractivity contribution in [2.75, 3.05) is 11.4 Å². The maximum absolute atomic E-state index is 13.9. The maximum atomic E-state index is 13.9. The first-order valence-corrected chi connectivity index (χ1v) is 13.7. The molecule has 4 aromatic carbocycles. The van der Waals surface area contributed by atoms with Crippen LogP contribution >= 0.6 is 23.2 Å². The number of anilines is 1. The highest BCUT2D eigenvalue weighted by molar-refractivity contribution is 6.36. The second-order valence-electron chi connectivity index (χ2n) is 9.75. The molecule has 0 radical (unpaired) electrons. The molecule has 0 spiro atoms. The number of rotatable bonds is 8. The number of hydrogen-bond donors (Lipinski definition) is 1. The van der Waals surface area contributed by atoms with E-state index in [0.29, 0.717) is 45.8 Å². The van der Waals surface area contributed by atoms with Crippen molar-refractivity contribution in [1.29, 1.82) is 0 Å². The van der Waals surface area contributed by atoms with Crippen LogP contribution in [0.15, 0.2) is 97.1 Å². The lowest BCUT2D eigenvalue weighted by atomic mass is 9.96. The van der Waals surface area contributed by atoms with Crippen LogP contribution in [0.25, 0.3) is 0 Å². The third-order valence-corrected chi connectivity index (χ3v) is 7.60.